The fraction of sp³-hybridized carbons (Fsp3) is 1.00. The Bertz CT molecular complexity index is 346. The summed E-state index contributed by atoms with van der Waals surface area (Å²) in [5.41, 5.74) is 0. The minimum absolute atomic E-state index is 0.155. The summed E-state index contributed by atoms with van der Waals surface area (Å²) in [5, 5.41) is -5.41. The van der Waals surface area contributed by atoms with Crippen molar-refractivity contribution in [3.63, 3.8) is 0 Å². The predicted molar refractivity (Wildman–Crippen MR) is 48.0 cm³/mol. The van der Waals surface area contributed by atoms with Gasteiger partial charge < -0.3 is 0 Å². The fourth-order valence-electron chi connectivity index (χ4n) is 1.87. The summed E-state index contributed by atoms with van der Waals surface area (Å²) in [5.74, 6) is -6.42. The van der Waals surface area contributed by atoms with Crippen molar-refractivity contribution in [3.05, 3.63) is 0 Å². The van der Waals surface area contributed by atoms with E-state index in [0.717, 1.165) is 0 Å². The molecule has 0 heterocycles. The molecule has 0 atom stereocenters. The van der Waals surface area contributed by atoms with Crippen molar-refractivity contribution in [2.45, 2.75) is 43.3 Å². The van der Waals surface area contributed by atoms with E-state index in [0.29, 0.717) is 19.3 Å². The van der Waals surface area contributed by atoms with Gasteiger partial charge in [-0.3, -0.25) is 4.55 Å². The average molecular weight is 264 g/mol. The van der Waals surface area contributed by atoms with Gasteiger partial charge in [0.15, 0.2) is 0 Å². The molecule has 0 spiro atoms. The quantitative estimate of drug-likeness (QED) is 0.629. The van der Waals surface area contributed by atoms with E-state index in [1.165, 1.54) is 0 Å². The van der Waals surface area contributed by atoms with E-state index in [2.05, 4.69) is 0 Å². The number of hydrogen-bond acceptors (Lipinski definition) is 2. The van der Waals surface area contributed by atoms with Crippen LogP contribution in [0, 0.1) is 5.92 Å². The Morgan fingerprint density at radius 2 is 1.44 bits per heavy atom. The first-order valence-electron chi connectivity index (χ1n) is 4.83. The van der Waals surface area contributed by atoms with Crippen LogP contribution >= 0.6 is 0 Å². The molecular formula is C8H12F4O3S. The third kappa shape index (κ3) is 2.17. The molecule has 1 rings (SSSR count). The molecule has 1 aliphatic rings. The lowest BCUT2D eigenvalue weighted by Gasteiger charge is -2.33. The molecule has 0 aliphatic heterocycles. The Labute approximate surface area is 90.6 Å². The monoisotopic (exact) mass is 264 g/mol. The van der Waals surface area contributed by atoms with Crippen LogP contribution in [-0.4, -0.2) is 24.1 Å². The van der Waals surface area contributed by atoms with Crippen LogP contribution in [0.4, 0.5) is 17.6 Å². The molecule has 16 heavy (non-hydrogen) atoms. The number of rotatable bonds is 3. The summed E-state index contributed by atoms with van der Waals surface area (Å²) in [6.45, 7) is 0. The van der Waals surface area contributed by atoms with Gasteiger partial charge in [0.2, 0.25) is 0 Å². The minimum Gasteiger partial charge on any atom is -0.281 e. The summed E-state index contributed by atoms with van der Waals surface area (Å²) in [7, 11) is -6.09. The molecular weight excluding hydrogens is 252 g/mol. The summed E-state index contributed by atoms with van der Waals surface area (Å²) in [6.07, 6.45) is 1.09. The van der Waals surface area contributed by atoms with E-state index in [9.17, 15) is 26.0 Å². The minimum atomic E-state index is -6.09. The SMILES string of the molecule is O=S(=O)(O)C(F)(F)C(F)(F)C1CCCCC1. The van der Waals surface area contributed by atoms with Gasteiger partial charge in [-0.15, -0.1) is 0 Å². The average Bonchev–Trinajstić information content (AvgIpc) is 2.17. The first-order chi connectivity index (χ1) is 7.11. The Kier molecular flexibility index (Phi) is 3.54. The van der Waals surface area contributed by atoms with Gasteiger partial charge in [0, 0.05) is 5.92 Å². The maximum Gasteiger partial charge on any atom is 0.431 e. The van der Waals surface area contributed by atoms with Crippen molar-refractivity contribution < 1.29 is 30.5 Å². The van der Waals surface area contributed by atoms with Crippen LogP contribution in [0.1, 0.15) is 32.1 Å². The van der Waals surface area contributed by atoms with Gasteiger partial charge in [-0.05, 0) is 12.8 Å². The molecule has 0 aromatic carbocycles. The van der Waals surface area contributed by atoms with Crippen LogP contribution in [-0.2, 0) is 10.1 Å². The Morgan fingerprint density at radius 3 is 1.81 bits per heavy atom. The van der Waals surface area contributed by atoms with E-state index < -0.39 is 27.2 Å². The van der Waals surface area contributed by atoms with E-state index in [1.807, 2.05) is 0 Å². The van der Waals surface area contributed by atoms with E-state index in [-0.39, 0.29) is 12.8 Å². The molecule has 1 saturated carbocycles. The summed E-state index contributed by atoms with van der Waals surface area (Å²) >= 11 is 0. The molecule has 1 N–H and O–H groups in total. The number of alkyl halides is 4. The zero-order valence-corrected chi connectivity index (χ0v) is 9.11. The molecule has 0 radical (unpaired) electrons. The molecule has 96 valence electrons. The largest absolute Gasteiger partial charge is 0.431 e. The lowest BCUT2D eigenvalue weighted by Crippen LogP contribution is -2.51. The molecule has 0 saturated heterocycles. The normalized spacial score (nSPS) is 21.1. The molecule has 0 aromatic heterocycles. The summed E-state index contributed by atoms with van der Waals surface area (Å²) < 4.78 is 81.1. The van der Waals surface area contributed by atoms with Gasteiger partial charge in [-0.25, -0.2) is 0 Å². The second-order valence-electron chi connectivity index (χ2n) is 3.95. The molecule has 3 nitrogen and oxygen atoms in total. The van der Waals surface area contributed by atoms with Crippen LogP contribution in [0.25, 0.3) is 0 Å². The van der Waals surface area contributed by atoms with Crippen LogP contribution in [0.15, 0.2) is 0 Å². The topological polar surface area (TPSA) is 54.4 Å². The summed E-state index contributed by atoms with van der Waals surface area (Å²) in [6, 6.07) is 0. The molecule has 8 heteroatoms. The van der Waals surface area contributed by atoms with Gasteiger partial charge in [0.05, 0.1) is 0 Å². The van der Waals surface area contributed by atoms with Gasteiger partial charge in [-0.2, -0.15) is 26.0 Å². The number of halogens is 4. The maximum atomic E-state index is 13.3. The highest BCUT2D eigenvalue weighted by Crippen LogP contribution is 2.48. The second kappa shape index (κ2) is 4.14. The van der Waals surface area contributed by atoms with Crippen LogP contribution in [0.2, 0.25) is 0 Å². The van der Waals surface area contributed by atoms with Gasteiger partial charge >= 0.3 is 21.3 Å². The Morgan fingerprint density at radius 1 is 1.00 bits per heavy atom. The van der Waals surface area contributed by atoms with Gasteiger partial charge in [0.25, 0.3) is 0 Å². The molecule has 0 bridgehead atoms. The molecule has 0 amide bonds. The molecule has 0 aromatic rings. The highest BCUT2D eigenvalue weighted by atomic mass is 32.2. The number of hydrogen-bond donors (Lipinski definition) is 1. The lowest BCUT2D eigenvalue weighted by molar-refractivity contribution is -0.198. The van der Waals surface area contributed by atoms with Crippen molar-refractivity contribution in [2.24, 2.45) is 5.92 Å². The Hall–Kier alpha value is -0.370. The molecule has 1 aliphatic carbocycles. The maximum absolute atomic E-state index is 13.3. The van der Waals surface area contributed by atoms with E-state index in [4.69, 9.17) is 4.55 Å². The first kappa shape index (κ1) is 13.7. The second-order valence-corrected chi connectivity index (χ2v) is 5.41. The smallest absolute Gasteiger partial charge is 0.281 e. The predicted octanol–water partition coefficient (Wildman–Crippen LogP) is 2.68. The van der Waals surface area contributed by atoms with Crippen molar-refractivity contribution in [1.29, 1.82) is 0 Å². The first-order valence-corrected chi connectivity index (χ1v) is 6.27. The van der Waals surface area contributed by atoms with Gasteiger partial charge in [-0.1, -0.05) is 19.3 Å². The zero-order valence-electron chi connectivity index (χ0n) is 8.30. The van der Waals surface area contributed by atoms with Crippen molar-refractivity contribution in [1.82, 2.24) is 0 Å². The molecule has 1 fully saturated rings. The Balaban J connectivity index is 2.99. The third-order valence-electron chi connectivity index (χ3n) is 2.83. The molecule has 0 unspecified atom stereocenters. The van der Waals surface area contributed by atoms with Crippen LogP contribution < -0.4 is 0 Å². The lowest BCUT2D eigenvalue weighted by atomic mass is 9.84. The fourth-order valence-corrected chi connectivity index (χ4v) is 2.39. The van der Waals surface area contributed by atoms with Crippen molar-refractivity contribution >= 4 is 10.1 Å². The third-order valence-corrected chi connectivity index (χ3v) is 3.75. The van der Waals surface area contributed by atoms with Crippen LogP contribution in [0.3, 0.4) is 0 Å². The highest BCUT2D eigenvalue weighted by Gasteiger charge is 2.68. The van der Waals surface area contributed by atoms with Gasteiger partial charge in [0.1, 0.15) is 0 Å². The van der Waals surface area contributed by atoms with E-state index >= 15 is 0 Å². The standard InChI is InChI=1S/C8H12F4O3S/c9-7(10,6-4-2-1-3-5-6)8(11,12)16(13,14)15/h6H,1-5H2,(H,13,14,15). The van der Waals surface area contributed by atoms with E-state index in [1.54, 1.807) is 0 Å². The van der Waals surface area contributed by atoms with Crippen LogP contribution in [0.5, 0.6) is 0 Å². The zero-order chi connectivity index (χ0) is 12.6. The highest BCUT2D eigenvalue weighted by molar-refractivity contribution is 7.87. The van der Waals surface area contributed by atoms with Crippen molar-refractivity contribution in [2.75, 3.05) is 0 Å². The summed E-state index contributed by atoms with van der Waals surface area (Å²) in [4.78, 5) is 0. The van der Waals surface area contributed by atoms with Crippen molar-refractivity contribution in [3.8, 4) is 0 Å².